The van der Waals surface area contributed by atoms with E-state index in [2.05, 4.69) is 36.3 Å². The Bertz CT molecular complexity index is 1460. The Morgan fingerprint density at radius 1 is 0.846 bits per heavy atom. The summed E-state index contributed by atoms with van der Waals surface area (Å²) in [6.45, 7) is 6.14. The van der Waals surface area contributed by atoms with Crippen LogP contribution in [0.15, 0.2) is 84.0 Å². The molecule has 3 aromatic carbocycles. The topological polar surface area (TPSA) is 76.9 Å². The molecule has 1 amide bonds. The summed E-state index contributed by atoms with van der Waals surface area (Å²) in [4.78, 5) is 25.5. The van der Waals surface area contributed by atoms with E-state index in [9.17, 15) is 22.8 Å². The van der Waals surface area contributed by atoms with Crippen LogP contribution >= 0.6 is 11.8 Å². The number of ketones is 1. The van der Waals surface area contributed by atoms with Crippen LogP contribution in [0.5, 0.6) is 0 Å². The van der Waals surface area contributed by atoms with E-state index in [1.165, 1.54) is 16.7 Å². The van der Waals surface area contributed by atoms with Gasteiger partial charge in [0, 0.05) is 11.1 Å². The predicted octanol–water partition coefficient (Wildman–Crippen LogP) is 6.49. The average molecular weight is 553 g/mol. The molecule has 6 nitrogen and oxygen atoms in total. The average Bonchev–Trinajstić information content (AvgIpc) is 3.32. The number of hydrogen-bond donors (Lipinski definition) is 1. The van der Waals surface area contributed by atoms with Crippen molar-refractivity contribution in [2.24, 2.45) is 0 Å². The van der Waals surface area contributed by atoms with Crippen molar-refractivity contribution in [2.75, 3.05) is 5.75 Å². The van der Waals surface area contributed by atoms with E-state index in [1.807, 2.05) is 12.1 Å². The number of carbonyl (C=O) groups is 2. The van der Waals surface area contributed by atoms with Gasteiger partial charge in [-0.05, 0) is 41.3 Å². The molecule has 0 atom stereocenters. The summed E-state index contributed by atoms with van der Waals surface area (Å²) in [7, 11) is 0. The van der Waals surface area contributed by atoms with Gasteiger partial charge in [-0.25, -0.2) is 0 Å². The number of nitrogens with zero attached hydrogens (tertiary/aromatic N) is 3. The van der Waals surface area contributed by atoms with E-state index in [-0.39, 0.29) is 46.1 Å². The second kappa shape index (κ2) is 11.4. The molecule has 0 aliphatic heterocycles. The van der Waals surface area contributed by atoms with Gasteiger partial charge < -0.3 is 5.32 Å². The van der Waals surface area contributed by atoms with Crippen LogP contribution in [0.1, 0.15) is 58.4 Å². The van der Waals surface area contributed by atoms with Gasteiger partial charge in [0.25, 0.3) is 5.91 Å². The number of rotatable bonds is 8. The molecule has 0 bridgehead atoms. The molecule has 0 radical (unpaired) electrons. The van der Waals surface area contributed by atoms with Gasteiger partial charge in [0.15, 0.2) is 16.8 Å². The Hall–Kier alpha value is -3.92. The number of thioether (sulfide) groups is 1. The summed E-state index contributed by atoms with van der Waals surface area (Å²) >= 11 is 1.06. The van der Waals surface area contributed by atoms with E-state index < -0.39 is 11.7 Å². The summed E-state index contributed by atoms with van der Waals surface area (Å²) in [5.41, 5.74) is 1.31. The van der Waals surface area contributed by atoms with Gasteiger partial charge >= 0.3 is 6.18 Å². The molecule has 4 aromatic rings. The van der Waals surface area contributed by atoms with Crippen molar-refractivity contribution in [3.63, 3.8) is 0 Å². The number of nitrogens with one attached hydrogen (secondary N) is 1. The molecule has 0 aliphatic rings. The van der Waals surface area contributed by atoms with Gasteiger partial charge in [0.2, 0.25) is 0 Å². The Kier molecular flexibility index (Phi) is 8.25. The van der Waals surface area contributed by atoms with Gasteiger partial charge in [-0.1, -0.05) is 81.1 Å². The molecule has 0 saturated heterocycles. The van der Waals surface area contributed by atoms with Crippen LogP contribution in [0.2, 0.25) is 0 Å². The summed E-state index contributed by atoms with van der Waals surface area (Å²) in [6, 6.07) is 20.7. The van der Waals surface area contributed by atoms with E-state index in [0.29, 0.717) is 11.1 Å². The lowest BCUT2D eigenvalue weighted by Crippen LogP contribution is -2.25. The third kappa shape index (κ3) is 6.94. The molecule has 0 unspecified atom stereocenters. The summed E-state index contributed by atoms with van der Waals surface area (Å²) < 4.78 is 41.8. The maximum atomic E-state index is 13.4. The van der Waals surface area contributed by atoms with Gasteiger partial charge in [0.05, 0.1) is 23.5 Å². The van der Waals surface area contributed by atoms with Crippen molar-refractivity contribution in [2.45, 2.75) is 44.1 Å². The number of hydrogen-bond acceptors (Lipinski definition) is 5. The maximum Gasteiger partial charge on any atom is 0.416 e. The van der Waals surface area contributed by atoms with Crippen molar-refractivity contribution in [3.05, 3.63) is 107 Å². The number of carbonyl (C=O) groups excluding carboxylic acids is 2. The van der Waals surface area contributed by atoms with E-state index in [1.54, 1.807) is 42.5 Å². The number of amides is 1. The summed E-state index contributed by atoms with van der Waals surface area (Å²) in [5.74, 6) is -0.285. The molecule has 10 heteroatoms. The first-order valence-corrected chi connectivity index (χ1v) is 13.1. The molecule has 0 saturated carbocycles. The van der Waals surface area contributed by atoms with E-state index in [0.717, 1.165) is 29.5 Å². The van der Waals surface area contributed by atoms with Crippen LogP contribution in [0.3, 0.4) is 0 Å². The lowest BCUT2D eigenvalue weighted by Gasteiger charge is -2.19. The minimum Gasteiger partial charge on any atom is -0.345 e. The fourth-order valence-electron chi connectivity index (χ4n) is 3.81. The Labute approximate surface area is 228 Å². The van der Waals surface area contributed by atoms with Crippen molar-refractivity contribution < 1.29 is 22.8 Å². The lowest BCUT2D eigenvalue weighted by molar-refractivity contribution is -0.137. The SMILES string of the molecule is CC(C)(C)c1ccc(C(=O)NCc2nnc(SCC(=O)c3ccccc3)n2-c2cccc(C(F)(F)F)c2)cc1. The standard InChI is InChI=1S/C29H27F3N4O2S/c1-28(2,3)21-14-12-20(13-15-21)26(38)33-17-25-34-35-27(39-18-24(37)19-8-5-4-6-9-19)36(25)23-11-7-10-22(16-23)29(30,31)32/h4-16H,17-18H2,1-3H3,(H,33,38). The highest BCUT2D eigenvalue weighted by Gasteiger charge is 2.31. The Balaban J connectivity index is 1.59. The molecule has 39 heavy (non-hydrogen) atoms. The second-order valence-corrected chi connectivity index (χ2v) is 10.8. The maximum absolute atomic E-state index is 13.4. The molecule has 1 aromatic heterocycles. The molecular weight excluding hydrogens is 525 g/mol. The first-order valence-electron chi connectivity index (χ1n) is 12.2. The smallest absolute Gasteiger partial charge is 0.345 e. The third-order valence-corrected chi connectivity index (χ3v) is 6.91. The minimum absolute atomic E-state index is 0.00753. The van der Waals surface area contributed by atoms with Gasteiger partial charge in [-0.2, -0.15) is 13.2 Å². The van der Waals surface area contributed by atoms with Gasteiger partial charge in [-0.3, -0.25) is 14.2 Å². The number of halogens is 3. The first-order chi connectivity index (χ1) is 18.4. The third-order valence-electron chi connectivity index (χ3n) is 5.98. The van der Waals surface area contributed by atoms with Crippen LogP contribution in [0, 0.1) is 0 Å². The number of aromatic nitrogens is 3. The largest absolute Gasteiger partial charge is 0.416 e. The van der Waals surface area contributed by atoms with Crippen LogP contribution < -0.4 is 5.32 Å². The Morgan fingerprint density at radius 2 is 1.54 bits per heavy atom. The molecule has 0 aliphatic carbocycles. The highest BCUT2D eigenvalue weighted by Crippen LogP contribution is 2.32. The molecule has 4 rings (SSSR count). The highest BCUT2D eigenvalue weighted by molar-refractivity contribution is 7.99. The van der Waals surface area contributed by atoms with Crippen molar-refractivity contribution in [3.8, 4) is 5.69 Å². The van der Waals surface area contributed by atoms with Crippen LogP contribution in [-0.4, -0.2) is 32.2 Å². The lowest BCUT2D eigenvalue weighted by atomic mass is 9.87. The van der Waals surface area contributed by atoms with E-state index in [4.69, 9.17) is 0 Å². The number of Topliss-reactive ketones (excluding diaryl/α,β-unsaturated/α-hetero) is 1. The molecule has 202 valence electrons. The molecule has 0 spiro atoms. The number of benzene rings is 3. The van der Waals surface area contributed by atoms with Crippen LogP contribution in [0.25, 0.3) is 5.69 Å². The summed E-state index contributed by atoms with van der Waals surface area (Å²) in [6.07, 6.45) is -4.55. The van der Waals surface area contributed by atoms with Crippen molar-refractivity contribution in [1.82, 2.24) is 20.1 Å². The first kappa shape index (κ1) is 28.1. The normalized spacial score (nSPS) is 11.8. The van der Waals surface area contributed by atoms with Crippen molar-refractivity contribution >= 4 is 23.5 Å². The van der Waals surface area contributed by atoms with E-state index >= 15 is 0 Å². The molecule has 1 N–H and O–H groups in total. The predicted molar refractivity (Wildman–Crippen MR) is 144 cm³/mol. The quantitative estimate of drug-likeness (QED) is 0.200. The van der Waals surface area contributed by atoms with Crippen LogP contribution in [-0.2, 0) is 18.1 Å². The molecule has 1 heterocycles. The number of alkyl halides is 3. The molecular formula is C29H27F3N4O2S. The highest BCUT2D eigenvalue weighted by atomic mass is 32.2. The second-order valence-electron chi connectivity index (χ2n) is 9.87. The van der Waals surface area contributed by atoms with Gasteiger partial charge in [0.1, 0.15) is 0 Å². The molecule has 0 fully saturated rings. The fourth-order valence-corrected chi connectivity index (χ4v) is 4.67. The zero-order chi connectivity index (χ0) is 28.2. The zero-order valence-corrected chi connectivity index (χ0v) is 22.4. The van der Waals surface area contributed by atoms with Gasteiger partial charge in [-0.15, -0.1) is 10.2 Å². The fraction of sp³-hybridized carbons (Fsp3) is 0.241. The van der Waals surface area contributed by atoms with Crippen LogP contribution in [0.4, 0.5) is 13.2 Å². The minimum atomic E-state index is -4.55. The summed E-state index contributed by atoms with van der Waals surface area (Å²) in [5, 5.41) is 11.3. The Morgan fingerprint density at radius 3 is 2.18 bits per heavy atom. The van der Waals surface area contributed by atoms with Crippen molar-refractivity contribution in [1.29, 1.82) is 0 Å². The monoisotopic (exact) mass is 552 g/mol. The zero-order valence-electron chi connectivity index (χ0n) is 21.6.